The molecule has 0 aliphatic carbocycles. The summed E-state index contributed by atoms with van der Waals surface area (Å²) in [7, 11) is 1.56. The van der Waals surface area contributed by atoms with Crippen molar-refractivity contribution in [2.45, 2.75) is 6.10 Å². The van der Waals surface area contributed by atoms with Crippen molar-refractivity contribution in [2.24, 2.45) is 0 Å². The molecule has 0 saturated carbocycles. The number of hydrogen-bond donors (Lipinski definition) is 3. The normalized spacial score (nSPS) is 12.6. The molecule has 0 bridgehead atoms. The molecule has 1 aromatic heterocycles. The number of nitrogens with zero attached hydrogens (tertiary/aromatic N) is 1. The van der Waals surface area contributed by atoms with E-state index in [2.05, 4.69) is 26.2 Å². The first kappa shape index (κ1) is 14.0. The number of aliphatic hydroxyl groups is 1. The molecule has 4 N–H and O–H groups in total. The van der Waals surface area contributed by atoms with Crippen LogP contribution in [0.15, 0.2) is 28.9 Å². The summed E-state index contributed by atoms with van der Waals surface area (Å²) in [6.45, 7) is 0.684. The number of aromatic nitrogens is 1. The monoisotopic (exact) mass is 325 g/mol. The molecule has 0 radical (unpaired) electrons. The van der Waals surface area contributed by atoms with Gasteiger partial charge in [0.25, 0.3) is 0 Å². The van der Waals surface area contributed by atoms with Crippen molar-refractivity contribution in [1.82, 2.24) is 4.98 Å². The molecule has 0 aliphatic heterocycles. The number of hydrogen-bond acceptors (Lipinski definition) is 5. The van der Waals surface area contributed by atoms with Gasteiger partial charge in [0.05, 0.1) is 23.9 Å². The van der Waals surface area contributed by atoms with Gasteiger partial charge in [-0.3, -0.25) is 4.98 Å². The van der Waals surface area contributed by atoms with Gasteiger partial charge in [-0.25, -0.2) is 0 Å². The van der Waals surface area contributed by atoms with Gasteiger partial charge in [0.2, 0.25) is 0 Å². The SMILES string of the molecule is COCC(O)CNc1ccc(N)c2cc(Br)cnc12. The minimum atomic E-state index is -0.562. The van der Waals surface area contributed by atoms with Gasteiger partial charge in [-0.05, 0) is 34.1 Å². The van der Waals surface area contributed by atoms with Gasteiger partial charge in [-0.2, -0.15) is 0 Å². The summed E-state index contributed by atoms with van der Waals surface area (Å²) in [4.78, 5) is 4.36. The van der Waals surface area contributed by atoms with Crippen molar-refractivity contribution < 1.29 is 9.84 Å². The van der Waals surface area contributed by atoms with Crippen molar-refractivity contribution in [3.05, 3.63) is 28.9 Å². The molecular formula is C13H16BrN3O2. The number of pyridine rings is 1. The summed E-state index contributed by atoms with van der Waals surface area (Å²) < 4.78 is 5.76. The largest absolute Gasteiger partial charge is 0.398 e. The third-order valence-electron chi connectivity index (χ3n) is 2.74. The van der Waals surface area contributed by atoms with E-state index in [0.29, 0.717) is 18.8 Å². The molecule has 6 heteroatoms. The highest BCUT2D eigenvalue weighted by Crippen LogP contribution is 2.28. The standard InChI is InChI=1S/C13H16BrN3O2/c1-19-7-9(18)6-16-12-3-2-11(15)10-4-8(14)5-17-13(10)12/h2-5,9,16,18H,6-7,15H2,1H3. The van der Waals surface area contributed by atoms with Gasteiger partial charge >= 0.3 is 0 Å². The smallest absolute Gasteiger partial charge is 0.0954 e. The molecular weight excluding hydrogens is 310 g/mol. The maximum absolute atomic E-state index is 9.64. The minimum absolute atomic E-state index is 0.291. The molecule has 1 unspecified atom stereocenters. The average molecular weight is 326 g/mol. The lowest BCUT2D eigenvalue weighted by Crippen LogP contribution is -2.24. The lowest BCUT2D eigenvalue weighted by Gasteiger charge is -2.14. The average Bonchev–Trinajstić information content (AvgIpc) is 2.39. The van der Waals surface area contributed by atoms with Gasteiger partial charge in [0.1, 0.15) is 0 Å². The Labute approximate surface area is 119 Å². The molecule has 0 saturated heterocycles. The number of nitrogen functional groups attached to an aromatic ring is 1. The Kier molecular flexibility index (Phi) is 4.57. The fourth-order valence-corrected chi connectivity index (χ4v) is 2.17. The number of benzene rings is 1. The Bertz CT molecular complexity index is 577. The van der Waals surface area contributed by atoms with E-state index in [1.165, 1.54) is 0 Å². The third kappa shape index (κ3) is 3.34. The molecule has 102 valence electrons. The number of nitrogens with two attached hydrogens (primary N) is 1. The van der Waals surface area contributed by atoms with E-state index in [9.17, 15) is 5.11 Å². The fraction of sp³-hybridized carbons (Fsp3) is 0.308. The maximum atomic E-state index is 9.64. The van der Waals surface area contributed by atoms with Crippen molar-refractivity contribution in [2.75, 3.05) is 31.3 Å². The first-order chi connectivity index (χ1) is 9.11. The number of methoxy groups -OCH3 is 1. The fourth-order valence-electron chi connectivity index (χ4n) is 1.84. The molecule has 5 nitrogen and oxygen atoms in total. The first-order valence-corrected chi connectivity index (χ1v) is 6.65. The summed E-state index contributed by atoms with van der Waals surface area (Å²) in [5, 5.41) is 13.7. The van der Waals surface area contributed by atoms with E-state index in [1.54, 1.807) is 13.3 Å². The molecule has 2 rings (SSSR count). The maximum Gasteiger partial charge on any atom is 0.0954 e. The van der Waals surface area contributed by atoms with Crippen LogP contribution >= 0.6 is 15.9 Å². The molecule has 0 fully saturated rings. The predicted octanol–water partition coefficient (Wildman–Crippen LogP) is 2.00. The lowest BCUT2D eigenvalue weighted by atomic mass is 10.1. The van der Waals surface area contributed by atoms with Crippen LogP contribution in [0.5, 0.6) is 0 Å². The van der Waals surface area contributed by atoms with E-state index < -0.39 is 6.10 Å². The van der Waals surface area contributed by atoms with Crippen LogP contribution in [0.3, 0.4) is 0 Å². The van der Waals surface area contributed by atoms with Crippen LogP contribution in [0.4, 0.5) is 11.4 Å². The number of aliphatic hydroxyl groups excluding tert-OH is 1. The number of nitrogens with one attached hydrogen (secondary N) is 1. The zero-order valence-electron chi connectivity index (χ0n) is 10.6. The van der Waals surface area contributed by atoms with Crippen LogP contribution < -0.4 is 11.1 Å². The number of halogens is 1. The Hall–Kier alpha value is -1.37. The van der Waals surface area contributed by atoms with E-state index >= 15 is 0 Å². The summed E-state index contributed by atoms with van der Waals surface area (Å²) in [6, 6.07) is 5.61. The Morgan fingerprint density at radius 3 is 3.05 bits per heavy atom. The topological polar surface area (TPSA) is 80.4 Å². The quantitative estimate of drug-likeness (QED) is 0.732. The second-order valence-electron chi connectivity index (χ2n) is 4.24. The second kappa shape index (κ2) is 6.18. The van der Waals surface area contributed by atoms with E-state index in [4.69, 9.17) is 10.5 Å². The third-order valence-corrected chi connectivity index (χ3v) is 3.17. The molecule has 1 heterocycles. The van der Waals surface area contributed by atoms with Gasteiger partial charge in [-0.15, -0.1) is 0 Å². The highest BCUT2D eigenvalue weighted by Gasteiger charge is 2.08. The predicted molar refractivity (Wildman–Crippen MR) is 80.2 cm³/mol. The molecule has 0 amide bonds. The van der Waals surface area contributed by atoms with Crippen LogP contribution in [0.2, 0.25) is 0 Å². The van der Waals surface area contributed by atoms with Crippen LogP contribution in [0.1, 0.15) is 0 Å². The highest BCUT2D eigenvalue weighted by atomic mass is 79.9. The van der Waals surface area contributed by atoms with Crippen molar-refractivity contribution in [1.29, 1.82) is 0 Å². The molecule has 1 atom stereocenters. The Morgan fingerprint density at radius 1 is 1.53 bits per heavy atom. The summed E-state index contributed by atoms with van der Waals surface area (Å²) in [5.41, 5.74) is 8.24. The number of anilines is 2. The highest BCUT2D eigenvalue weighted by molar-refractivity contribution is 9.10. The second-order valence-corrected chi connectivity index (χ2v) is 5.16. The van der Waals surface area contributed by atoms with Crippen LogP contribution in [-0.4, -0.2) is 36.5 Å². The van der Waals surface area contributed by atoms with Crippen LogP contribution in [0, 0.1) is 0 Å². The molecule has 19 heavy (non-hydrogen) atoms. The van der Waals surface area contributed by atoms with Crippen molar-refractivity contribution in [3.8, 4) is 0 Å². The number of fused-ring (bicyclic) bond motifs is 1. The lowest BCUT2D eigenvalue weighted by molar-refractivity contribution is 0.0728. The zero-order chi connectivity index (χ0) is 13.8. The zero-order valence-corrected chi connectivity index (χ0v) is 12.1. The number of rotatable bonds is 5. The molecule has 2 aromatic rings. The molecule has 1 aromatic carbocycles. The van der Waals surface area contributed by atoms with Gasteiger partial charge in [0.15, 0.2) is 0 Å². The van der Waals surface area contributed by atoms with E-state index in [-0.39, 0.29) is 0 Å². The Morgan fingerprint density at radius 2 is 2.32 bits per heavy atom. The molecule has 0 spiro atoms. The Balaban J connectivity index is 2.26. The summed E-state index contributed by atoms with van der Waals surface area (Å²) >= 11 is 3.38. The van der Waals surface area contributed by atoms with Crippen molar-refractivity contribution in [3.63, 3.8) is 0 Å². The van der Waals surface area contributed by atoms with Crippen LogP contribution in [0.25, 0.3) is 10.9 Å². The van der Waals surface area contributed by atoms with Gasteiger partial charge in [-0.1, -0.05) is 0 Å². The van der Waals surface area contributed by atoms with Crippen molar-refractivity contribution >= 4 is 38.2 Å². The summed E-state index contributed by atoms with van der Waals surface area (Å²) in [6.07, 6.45) is 1.16. The minimum Gasteiger partial charge on any atom is -0.398 e. The van der Waals surface area contributed by atoms with Gasteiger partial charge in [0, 0.05) is 35.4 Å². The first-order valence-electron chi connectivity index (χ1n) is 5.86. The van der Waals surface area contributed by atoms with E-state index in [1.807, 2.05) is 18.2 Å². The van der Waals surface area contributed by atoms with E-state index in [0.717, 1.165) is 21.1 Å². The molecule has 0 aliphatic rings. The van der Waals surface area contributed by atoms with Gasteiger partial charge < -0.3 is 20.9 Å². The number of ether oxygens (including phenoxy) is 1. The summed E-state index contributed by atoms with van der Waals surface area (Å²) in [5.74, 6) is 0. The van der Waals surface area contributed by atoms with Crippen LogP contribution in [-0.2, 0) is 4.74 Å².